The maximum atomic E-state index is 13.3. The largest absolute Gasteiger partial charge is 0.462 e. The fraction of sp³-hybridized carbons (Fsp3) is 0.292. The molecule has 0 aliphatic heterocycles. The molecular weight excluding hydrogens is 428 g/mol. The van der Waals surface area contributed by atoms with Crippen LogP contribution in [0.15, 0.2) is 46.8 Å². The molecule has 0 bridgehead atoms. The lowest BCUT2D eigenvalue weighted by Gasteiger charge is -2.09. The molecule has 0 saturated carbocycles. The van der Waals surface area contributed by atoms with Crippen molar-refractivity contribution in [1.82, 2.24) is 0 Å². The smallest absolute Gasteiger partial charge is 0.338 e. The molecule has 2 aromatic heterocycles. The van der Waals surface area contributed by atoms with Crippen molar-refractivity contribution in [1.29, 1.82) is 0 Å². The Hall–Kier alpha value is -2.77. The third-order valence-electron chi connectivity index (χ3n) is 5.14. The zero-order valence-electron chi connectivity index (χ0n) is 17.3. The van der Waals surface area contributed by atoms with Crippen LogP contribution in [0.5, 0.6) is 0 Å². The summed E-state index contributed by atoms with van der Waals surface area (Å²) in [7, 11) is 0. The van der Waals surface area contributed by atoms with E-state index in [0.717, 1.165) is 41.1 Å². The molecule has 1 aliphatic rings. The predicted molar refractivity (Wildman–Crippen MR) is 128 cm³/mol. The lowest BCUT2D eigenvalue weighted by Crippen LogP contribution is -2.14. The van der Waals surface area contributed by atoms with Gasteiger partial charge in [-0.3, -0.25) is 4.79 Å². The molecule has 2 heterocycles. The molecule has 0 radical (unpaired) electrons. The zero-order chi connectivity index (χ0) is 21.6. The quantitative estimate of drug-likeness (QED) is 0.273. The van der Waals surface area contributed by atoms with Crippen LogP contribution in [0.25, 0.3) is 0 Å². The number of aryl methyl sites for hydroxylation is 1. The number of carbonyl (C=O) groups is 2. The molecule has 0 spiro atoms. The fourth-order valence-corrected chi connectivity index (χ4v) is 5.45. The summed E-state index contributed by atoms with van der Waals surface area (Å²) in [4.78, 5) is 32.2. The molecule has 1 aliphatic carbocycles. The van der Waals surface area contributed by atoms with E-state index in [1.807, 2.05) is 23.7 Å². The van der Waals surface area contributed by atoms with Gasteiger partial charge in [-0.05, 0) is 73.9 Å². The molecule has 160 valence electrons. The molecular formula is C24H24N2O3S2. The molecule has 1 amide bonds. The number of hydrogen-bond donors (Lipinski definition) is 1. The van der Waals surface area contributed by atoms with Crippen molar-refractivity contribution in [3.05, 3.63) is 68.2 Å². The minimum Gasteiger partial charge on any atom is -0.462 e. The lowest BCUT2D eigenvalue weighted by molar-refractivity contribution is 0.0526. The third kappa shape index (κ3) is 5.11. The van der Waals surface area contributed by atoms with Crippen molar-refractivity contribution in [3.63, 3.8) is 0 Å². The summed E-state index contributed by atoms with van der Waals surface area (Å²) in [6, 6.07) is 10.8. The van der Waals surface area contributed by atoms with Gasteiger partial charge < -0.3 is 10.1 Å². The van der Waals surface area contributed by atoms with Crippen LogP contribution in [-0.4, -0.2) is 24.7 Å². The van der Waals surface area contributed by atoms with Crippen molar-refractivity contribution in [2.75, 3.05) is 11.9 Å². The van der Waals surface area contributed by atoms with Crippen LogP contribution >= 0.6 is 22.7 Å². The van der Waals surface area contributed by atoms with Crippen LogP contribution < -0.4 is 5.32 Å². The van der Waals surface area contributed by atoms with Crippen molar-refractivity contribution >= 4 is 51.5 Å². The Morgan fingerprint density at radius 3 is 2.68 bits per heavy atom. The van der Waals surface area contributed by atoms with Crippen LogP contribution in [0.3, 0.4) is 0 Å². The van der Waals surface area contributed by atoms with E-state index in [1.54, 1.807) is 53.9 Å². The molecule has 0 unspecified atom stereocenters. The number of fused-ring (bicyclic) bond motifs is 1. The Bertz CT molecular complexity index is 1080. The summed E-state index contributed by atoms with van der Waals surface area (Å²) in [5.74, 6) is -0.518. The van der Waals surface area contributed by atoms with Crippen molar-refractivity contribution in [2.45, 2.75) is 39.0 Å². The van der Waals surface area contributed by atoms with E-state index in [0.29, 0.717) is 23.4 Å². The maximum Gasteiger partial charge on any atom is 0.338 e. The summed E-state index contributed by atoms with van der Waals surface area (Å²) >= 11 is 3.25. The number of nitrogens with one attached hydrogen (secondary N) is 1. The average molecular weight is 453 g/mol. The van der Waals surface area contributed by atoms with Gasteiger partial charge in [-0.25, -0.2) is 9.79 Å². The standard InChI is InChI=1S/C24H24N2O3S2/c1-2-29-24(28)16-10-12-17(13-11-16)26-22(27)21-19-8-4-3-5-9-20(19)31-23(21)25-15-18-7-6-14-30-18/h6-7,10-15H,2-5,8-9H2,1H3,(H,26,27)/b25-15-. The zero-order valence-corrected chi connectivity index (χ0v) is 19.0. The van der Waals surface area contributed by atoms with Gasteiger partial charge in [-0.1, -0.05) is 12.5 Å². The van der Waals surface area contributed by atoms with Gasteiger partial charge in [-0.15, -0.1) is 22.7 Å². The number of aliphatic imine (C=N–C) groups is 1. The second-order valence-electron chi connectivity index (χ2n) is 7.27. The number of thiophene rings is 2. The van der Waals surface area contributed by atoms with E-state index >= 15 is 0 Å². The molecule has 0 fully saturated rings. The first-order valence-electron chi connectivity index (χ1n) is 10.5. The maximum absolute atomic E-state index is 13.3. The van der Waals surface area contributed by atoms with E-state index in [9.17, 15) is 9.59 Å². The molecule has 3 aromatic rings. The second-order valence-corrected chi connectivity index (χ2v) is 9.33. The summed E-state index contributed by atoms with van der Waals surface area (Å²) in [6.07, 6.45) is 7.17. The average Bonchev–Trinajstić information content (AvgIpc) is 3.35. The summed E-state index contributed by atoms with van der Waals surface area (Å²) in [5.41, 5.74) is 2.93. The lowest BCUT2D eigenvalue weighted by atomic mass is 10.0. The van der Waals surface area contributed by atoms with Crippen LogP contribution in [-0.2, 0) is 17.6 Å². The monoisotopic (exact) mass is 452 g/mol. The van der Waals surface area contributed by atoms with Crippen LogP contribution in [0, 0.1) is 0 Å². The number of hydrogen-bond acceptors (Lipinski definition) is 6. The van der Waals surface area contributed by atoms with Crippen molar-refractivity contribution < 1.29 is 14.3 Å². The number of esters is 1. The highest BCUT2D eigenvalue weighted by atomic mass is 32.1. The molecule has 7 heteroatoms. The van der Waals surface area contributed by atoms with E-state index in [4.69, 9.17) is 4.74 Å². The number of anilines is 1. The number of nitrogens with zero attached hydrogens (tertiary/aromatic N) is 1. The number of carbonyl (C=O) groups excluding carboxylic acids is 2. The Morgan fingerprint density at radius 2 is 1.94 bits per heavy atom. The van der Waals surface area contributed by atoms with E-state index < -0.39 is 0 Å². The van der Waals surface area contributed by atoms with Gasteiger partial charge in [0.15, 0.2) is 0 Å². The fourth-order valence-electron chi connectivity index (χ4n) is 3.64. The molecule has 0 atom stereocenters. The molecule has 5 nitrogen and oxygen atoms in total. The highest BCUT2D eigenvalue weighted by molar-refractivity contribution is 7.16. The summed E-state index contributed by atoms with van der Waals surface area (Å²) < 4.78 is 5.02. The summed E-state index contributed by atoms with van der Waals surface area (Å²) in [5, 5.41) is 5.77. The normalized spacial score (nSPS) is 13.6. The van der Waals surface area contributed by atoms with Gasteiger partial charge in [0.05, 0.1) is 17.7 Å². The molecule has 4 rings (SSSR count). The van der Waals surface area contributed by atoms with Gasteiger partial charge in [0.2, 0.25) is 0 Å². The van der Waals surface area contributed by atoms with Crippen molar-refractivity contribution in [3.8, 4) is 0 Å². The Balaban J connectivity index is 1.60. The number of ether oxygens (including phenoxy) is 1. The Labute approximate surface area is 189 Å². The molecule has 31 heavy (non-hydrogen) atoms. The Kier molecular flexibility index (Phi) is 6.94. The minimum atomic E-state index is -0.367. The van der Waals surface area contributed by atoms with Gasteiger partial charge in [0, 0.05) is 21.7 Å². The number of rotatable bonds is 6. The summed E-state index contributed by atoms with van der Waals surface area (Å²) in [6.45, 7) is 2.10. The van der Waals surface area contributed by atoms with E-state index in [1.165, 1.54) is 11.3 Å². The predicted octanol–water partition coefficient (Wildman–Crippen LogP) is 6.26. The SMILES string of the molecule is CCOC(=O)c1ccc(NC(=O)c2c(/N=C\c3cccs3)sc3c2CCCCC3)cc1. The highest BCUT2D eigenvalue weighted by Crippen LogP contribution is 2.39. The first-order valence-corrected chi connectivity index (χ1v) is 12.2. The van der Waals surface area contributed by atoms with Crippen LogP contribution in [0.4, 0.5) is 10.7 Å². The van der Waals surface area contributed by atoms with E-state index in [2.05, 4.69) is 10.3 Å². The minimum absolute atomic E-state index is 0.151. The second kappa shape index (κ2) is 10.0. The first-order chi connectivity index (χ1) is 15.2. The van der Waals surface area contributed by atoms with Crippen LogP contribution in [0.1, 0.15) is 62.2 Å². The van der Waals surface area contributed by atoms with Gasteiger partial charge in [0.1, 0.15) is 5.00 Å². The highest BCUT2D eigenvalue weighted by Gasteiger charge is 2.24. The topological polar surface area (TPSA) is 67.8 Å². The molecule has 1 N–H and O–H groups in total. The van der Waals surface area contributed by atoms with Crippen LogP contribution in [0.2, 0.25) is 0 Å². The molecule has 0 saturated heterocycles. The van der Waals surface area contributed by atoms with Gasteiger partial charge in [-0.2, -0.15) is 0 Å². The third-order valence-corrected chi connectivity index (χ3v) is 7.14. The van der Waals surface area contributed by atoms with Gasteiger partial charge in [0.25, 0.3) is 5.91 Å². The number of amides is 1. The van der Waals surface area contributed by atoms with Gasteiger partial charge >= 0.3 is 5.97 Å². The number of benzene rings is 1. The van der Waals surface area contributed by atoms with Crippen molar-refractivity contribution in [2.24, 2.45) is 4.99 Å². The molecule has 1 aromatic carbocycles. The van der Waals surface area contributed by atoms with E-state index in [-0.39, 0.29) is 11.9 Å². The first kappa shape index (κ1) is 21.5. The Morgan fingerprint density at radius 1 is 1.13 bits per heavy atom.